The van der Waals surface area contributed by atoms with Crippen LogP contribution in [0.25, 0.3) is 10.9 Å². The van der Waals surface area contributed by atoms with Crippen LogP contribution >= 0.6 is 11.6 Å². The zero-order valence-corrected chi connectivity index (χ0v) is 17.4. The van der Waals surface area contributed by atoms with Crippen molar-refractivity contribution in [2.24, 2.45) is 5.10 Å². The molecule has 0 aliphatic heterocycles. The summed E-state index contributed by atoms with van der Waals surface area (Å²) < 4.78 is 6.33. The number of carbonyl (C=O) groups excluding carboxylic acids is 1. The van der Waals surface area contributed by atoms with Gasteiger partial charge in [0.1, 0.15) is 5.75 Å². The molecule has 0 bridgehead atoms. The summed E-state index contributed by atoms with van der Waals surface area (Å²) in [6, 6.07) is 20.3. The Morgan fingerprint density at radius 3 is 2.62 bits per heavy atom. The molecule has 0 spiro atoms. The van der Waals surface area contributed by atoms with E-state index in [1.807, 2.05) is 6.07 Å². The Hall–Kier alpha value is -4.17. The van der Waals surface area contributed by atoms with Crippen molar-refractivity contribution in [1.29, 1.82) is 0 Å². The molecule has 4 rings (SSSR count). The normalized spacial score (nSPS) is 11.0. The van der Waals surface area contributed by atoms with Gasteiger partial charge in [-0.3, -0.25) is 9.59 Å². The topological polar surface area (TPSA) is 106 Å². The Bertz CT molecular complexity index is 1430. The molecule has 0 radical (unpaired) electrons. The van der Waals surface area contributed by atoms with E-state index in [0.29, 0.717) is 32.9 Å². The summed E-state index contributed by atoms with van der Waals surface area (Å²) in [7, 11) is 0. The molecule has 2 N–H and O–H groups in total. The van der Waals surface area contributed by atoms with Gasteiger partial charge < -0.3 is 15.0 Å². The fourth-order valence-corrected chi connectivity index (χ4v) is 3.17. The highest BCUT2D eigenvalue weighted by molar-refractivity contribution is 6.30. The van der Waals surface area contributed by atoms with E-state index in [0.717, 1.165) is 4.68 Å². The van der Waals surface area contributed by atoms with E-state index in [-0.39, 0.29) is 12.5 Å². The second-order valence-electron chi connectivity index (χ2n) is 6.72. The van der Waals surface area contributed by atoms with Crippen molar-refractivity contribution in [3.05, 3.63) is 104 Å². The highest BCUT2D eigenvalue weighted by Crippen LogP contribution is 2.21. The summed E-state index contributed by atoms with van der Waals surface area (Å²) in [6.07, 6.45) is 1.28. The van der Waals surface area contributed by atoms with Crippen LogP contribution < -0.4 is 21.3 Å². The highest BCUT2D eigenvalue weighted by Gasteiger charge is 2.09. The Morgan fingerprint density at radius 2 is 1.81 bits per heavy atom. The molecule has 9 heteroatoms. The van der Waals surface area contributed by atoms with Crippen LogP contribution in [0.15, 0.2) is 87.5 Å². The number of ether oxygens (including phenoxy) is 1. The third kappa shape index (κ3) is 4.76. The molecule has 0 saturated carbocycles. The van der Waals surface area contributed by atoms with Crippen LogP contribution in [0.2, 0.25) is 5.02 Å². The molecule has 0 aliphatic carbocycles. The summed E-state index contributed by atoms with van der Waals surface area (Å²) in [6.45, 7) is -0.256. The minimum atomic E-state index is -0.684. The van der Waals surface area contributed by atoms with Crippen molar-refractivity contribution in [2.45, 2.75) is 0 Å². The zero-order valence-electron chi connectivity index (χ0n) is 16.6. The zero-order chi connectivity index (χ0) is 22.5. The maximum absolute atomic E-state index is 12.6. The molecule has 0 atom stereocenters. The van der Waals surface area contributed by atoms with E-state index in [4.69, 9.17) is 16.3 Å². The third-order valence-corrected chi connectivity index (χ3v) is 4.72. The minimum absolute atomic E-state index is 0.256. The first-order valence-corrected chi connectivity index (χ1v) is 9.95. The van der Waals surface area contributed by atoms with E-state index < -0.39 is 11.2 Å². The van der Waals surface area contributed by atoms with Gasteiger partial charge in [-0.15, -0.1) is 4.68 Å². The number of anilines is 1. The predicted octanol–water partition coefficient (Wildman–Crippen LogP) is 3.24. The van der Waals surface area contributed by atoms with E-state index in [9.17, 15) is 14.4 Å². The maximum atomic E-state index is 12.6. The summed E-state index contributed by atoms with van der Waals surface area (Å²) in [5, 5.41) is 7.46. The fourth-order valence-electron chi connectivity index (χ4n) is 2.99. The molecule has 8 nitrogen and oxygen atoms in total. The van der Waals surface area contributed by atoms with E-state index in [1.54, 1.807) is 66.7 Å². The highest BCUT2D eigenvalue weighted by atomic mass is 35.5. The number of rotatable bonds is 6. The number of nitrogens with zero attached hydrogens (tertiary/aromatic N) is 2. The minimum Gasteiger partial charge on any atom is -0.483 e. The number of aromatic nitrogens is 2. The van der Waals surface area contributed by atoms with Crippen molar-refractivity contribution in [3.63, 3.8) is 0 Å². The van der Waals surface area contributed by atoms with Crippen LogP contribution in [0.4, 0.5) is 5.69 Å². The number of aromatic amines is 1. The van der Waals surface area contributed by atoms with Gasteiger partial charge in [0.15, 0.2) is 6.61 Å². The summed E-state index contributed by atoms with van der Waals surface area (Å²) in [4.78, 5) is 39.7. The summed E-state index contributed by atoms with van der Waals surface area (Å²) in [5.74, 6) is -0.0390. The van der Waals surface area contributed by atoms with Crippen molar-refractivity contribution < 1.29 is 9.53 Å². The number of carbonyl (C=O) groups is 1. The average molecular weight is 449 g/mol. The smallest absolute Gasteiger partial charge is 0.349 e. The lowest BCUT2D eigenvalue weighted by molar-refractivity contribution is -0.118. The van der Waals surface area contributed by atoms with Crippen LogP contribution in [0.1, 0.15) is 5.56 Å². The number of benzene rings is 3. The van der Waals surface area contributed by atoms with Gasteiger partial charge in [-0.1, -0.05) is 41.9 Å². The lowest BCUT2D eigenvalue weighted by Gasteiger charge is -2.10. The van der Waals surface area contributed by atoms with Crippen molar-refractivity contribution in [1.82, 2.24) is 9.66 Å². The number of nitrogens with one attached hydrogen (secondary N) is 2. The van der Waals surface area contributed by atoms with Crippen LogP contribution in [0, 0.1) is 0 Å². The number of amides is 1. The fraction of sp³-hybridized carbons (Fsp3) is 0.0435. The second-order valence-corrected chi connectivity index (χ2v) is 7.16. The summed E-state index contributed by atoms with van der Waals surface area (Å²) >= 11 is 6.08. The molecule has 160 valence electrons. The molecular formula is C23H17ClN4O4. The number of fused-ring (bicyclic) bond motifs is 1. The maximum Gasteiger partial charge on any atom is 0.349 e. The van der Waals surface area contributed by atoms with Crippen molar-refractivity contribution in [2.75, 3.05) is 11.9 Å². The molecular weight excluding hydrogens is 432 g/mol. The largest absolute Gasteiger partial charge is 0.483 e. The lowest BCUT2D eigenvalue weighted by Crippen LogP contribution is -2.32. The average Bonchev–Trinajstić information content (AvgIpc) is 2.79. The number of hydrogen-bond donors (Lipinski definition) is 2. The van der Waals surface area contributed by atoms with Gasteiger partial charge >= 0.3 is 5.69 Å². The number of H-pyrrole nitrogens is 1. The molecule has 1 heterocycles. The van der Waals surface area contributed by atoms with Gasteiger partial charge in [0.05, 0.1) is 17.1 Å². The predicted molar refractivity (Wildman–Crippen MR) is 124 cm³/mol. The molecule has 0 fully saturated rings. The molecule has 32 heavy (non-hydrogen) atoms. The van der Waals surface area contributed by atoms with Gasteiger partial charge in [-0.05, 0) is 42.5 Å². The van der Waals surface area contributed by atoms with Crippen LogP contribution in [-0.2, 0) is 4.79 Å². The molecule has 4 aromatic rings. The number of para-hydroxylation sites is 2. The second kappa shape index (κ2) is 9.32. The number of hydrogen-bond acceptors (Lipinski definition) is 5. The molecule has 0 aliphatic rings. The Labute approximate surface area is 186 Å². The molecule has 0 saturated heterocycles. The van der Waals surface area contributed by atoms with Gasteiger partial charge in [0, 0.05) is 16.3 Å². The SMILES string of the molecule is O=C(COc1ccc(Cl)cc1C=Nn1c(=O)[nH]c2ccccc2c1=O)Nc1ccccc1. The first-order valence-electron chi connectivity index (χ1n) is 9.57. The Balaban J connectivity index is 1.57. The molecule has 0 unspecified atom stereocenters. The van der Waals surface area contributed by atoms with Gasteiger partial charge in [-0.25, -0.2) is 4.79 Å². The number of halogens is 1. The van der Waals surface area contributed by atoms with Crippen molar-refractivity contribution >= 4 is 40.3 Å². The van der Waals surface area contributed by atoms with Crippen molar-refractivity contribution in [3.8, 4) is 5.75 Å². The molecule has 3 aromatic carbocycles. The Kier molecular flexibility index (Phi) is 6.14. The first kappa shape index (κ1) is 21.1. The van der Waals surface area contributed by atoms with Crippen LogP contribution in [0.3, 0.4) is 0 Å². The molecule has 1 aromatic heterocycles. The first-order chi connectivity index (χ1) is 15.5. The van der Waals surface area contributed by atoms with E-state index >= 15 is 0 Å². The quantitative estimate of drug-likeness (QED) is 0.442. The summed E-state index contributed by atoms with van der Waals surface area (Å²) in [5.41, 5.74) is 0.215. The van der Waals surface area contributed by atoms with E-state index in [1.165, 1.54) is 6.21 Å². The van der Waals surface area contributed by atoms with Crippen LogP contribution in [0.5, 0.6) is 5.75 Å². The standard InChI is InChI=1S/C23H17ClN4O4/c24-16-10-11-20(32-14-21(29)26-17-6-2-1-3-7-17)15(12-16)13-25-28-22(30)18-8-4-5-9-19(18)27-23(28)31/h1-13H,14H2,(H,26,29)(H,27,31). The van der Waals surface area contributed by atoms with Gasteiger partial charge in [0.25, 0.3) is 11.5 Å². The monoisotopic (exact) mass is 448 g/mol. The third-order valence-electron chi connectivity index (χ3n) is 4.48. The lowest BCUT2D eigenvalue weighted by atomic mass is 10.2. The van der Waals surface area contributed by atoms with E-state index in [2.05, 4.69) is 15.4 Å². The molecule has 1 amide bonds. The Morgan fingerprint density at radius 1 is 1.06 bits per heavy atom. The van der Waals surface area contributed by atoms with Gasteiger partial charge in [0.2, 0.25) is 0 Å². The van der Waals surface area contributed by atoms with Crippen LogP contribution in [-0.4, -0.2) is 28.4 Å². The van der Waals surface area contributed by atoms with Gasteiger partial charge in [-0.2, -0.15) is 5.10 Å².